The minimum atomic E-state index is -3.03. The van der Waals surface area contributed by atoms with Crippen molar-refractivity contribution in [3.05, 3.63) is 108 Å². The molecule has 0 saturated carbocycles. The van der Waals surface area contributed by atoms with E-state index in [2.05, 4.69) is 5.10 Å². The molecule has 0 saturated heterocycles. The van der Waals surface area contributed by atoms with Crippen LogP contribution in [0.1, 0.15) is 16.8 Å². The lowest BCUT2D eigenvalue weighted by molar-refractivity contribution is 0.323. The van der Waals surface area contributed by atoms with E-state index in [1.165, 1.54) is 0 Å². The van der Waals surface area contributed by atoms with Crippen LogP contribution in [-0.4, -0.2) is 18.2 Å². The van der Waals surface area contributed by atoms with Gasteiger partial charge in [0.1, 0.15) is 5.52 Å². The predicted octanol–water partition coefficient (Wildman–Crippen LogP) is 5.31. The predicted molar refractivity (Wildman–Crippen MR) is 140 cm³/mol. The molecule has 0 fully saturated rings. The summed E-state index contributed by atoms with van der Waals surface area (Å²) in [7, 11) is -3.03. The van der Waals surface area contributed by atoms with Crippen molar-refractivity contribution in [3.8, 4) is 27.9 Å². The molecule has 0 aliphatic rings. The number of aryl methyl sites for hydroxylation is 1. The fraction of sp³-hybridized carbons (Fsp3) is 0.107. The van der Waals surface area contributed by atoms with E-state index in [0.29, 0.717) is 39.8 Å². The Morgan fingerprint density at radius 2 is 1.69 bits per heavy atom. The van der Waals surface area contributed by atoms with Crippen LogP contribution in [0, 0.1) is 12.7 Å². The lowest BCUT2D eigenvalue weighted by atomic mass is 9.94. The van der Waals surface area contributed by atoms with E-state index in [1.54, 1.807) is 16.8 Å². The van der Waals surface area contributed by atoms with Crippen molar-refractivity contribution in [1.29, 1.82) is 0 Å². The molecular formula is C28H24FN3O3S. The Bertz CT molecular complexity index is 1640. The van der Waals surface area contributed by atoms with Crippen LogP contribution in [0.5, 0.6) is 0 Å². The number of rotatable bonds is 7. The molecule has 5 aromatic rings. The second-order valence-electron chi connectivity index (χ2n) is 8.43. The molecule has 5 rings (SSSR count). The number of benzene rings is 4. The first-order chi connectivity index (χ1) is 17.5. The van der Waals surface area contributed by atoms with Crippen molar-refractivity contribution in [2.45, 2.75) is 20.1 Å². The second kappa shape index (κ2) is 10.0. The Morgan fingerprint density at radius 1 is 0.917 bits per heavy atom. The number of nitrogens with zero attached hydrogens (tertiary/aromatic N) is 2. The Kier molecular flexibility index (Phi) is 6.65. The van der Waals surface area contributed by atoms with Gasteiger partial charge >= 0.3 is 0 Å². The van der Waals surface area contributed by atoms with Crippen LogP contribution in [0.15, 0.2) is 84.9 Å². The summed E-state index contributed by atoms with van der Waals surface area (Å²) in [5.74, 6) is -0.416. The summed E-state index contributed by atoms with van der Waals surface area (Å²) in [6.07, 6.45) is 0. The Morgan fingerprint density at radius 3 is 2.44 bits per heavy atom. The average Bonchev–Trinajstić information content (AvgIpc) is 3.25. The minimum absolute atomic E-state index is 0.149. The normalized spacial score (nSPS) is 11.4. The molecule has 0 atom stereocenters. The van der Waals surface area contributed by atoms with Crippen LogP contribution in [0.25, 0.3) is 38.8 Å². The van der Waals surface area contributed by atoms with Crippen LogP contribution >= 0.6 is 0 Å². The number of thiol groups is 1. The zero-order valence-electron chi connectivity index (χ0n) is 19.5. The van der Waals surface area contributed by atoms with Crippen LogP contribution < -0.4 is 5.73 Å². The fourth-order valence-electron chi connectivity index (χ4n) is 4.44. The Hall–Kier alpha value is -3.85. The molecule has 2 N–H and O–H groups in total. The highest BCUT2D eigenvalue weighted by atomic mass is 32.2. The van der Waals surface area contributed by atoms with Crippen LogP contribution in [0.3, 0.4) is 0 Å². The third kappa shape index (κ3) is 4.54. The minimum Gasteiger partial charge on any atom is -0.326 e. The van der Waals surface area contributed by atoms with E-state index in [9.17, 15) is 8.42 Å². The first-order valence-electron chi connectivity index (χ1n) is 11.4. The van der Waals surface area contributed by atoms with Gasteiger partial charge in [0, 0.05) is 17.5 Å². The first-order valence-corrected chi connectivity index (χ1v) is 12.5. The molecule has 0 amide bonds. The third-order valence-corrected chi connectivity index (χ3v) is 6.53. The zero-order valence-corrected chi connectivity index (χ0v) is 20.4. The highest BCUT2D eigenvalue weighted by Gasteiger charge is 2.19. The molecule has 0 spiro atoms. The summed E-state index contributed by atoms with van der Waals surface area (Å²) in [5, 5.41) is 5.31. The van der Waals surface area contributed by atoms with E-state index in [0.717, 1.165) is 22.4 Å². The topological polar surface area (TPSA) is 87.2 Å². The number of nitrogens with two attached hydrogens (primary N) is 1. The smallest absolute Gasteiger partial charge is 0.257 e. The maximum Gasteiger partial charge on any atom is 0.257 e. The van der Waals surface area contributed by atoms with Gasteiger partial charge in [-0.2, -0.15) is 5.10 Å². The number of aromatic nitrogens is 2. The molecule has 0 radical (unpaired) electrons. The quantitative estimate of drug-likeness (QED) is 0.295. The van der Waals surface area contributed by atoms with E-state index < -0.39 is 16.8 Å². The van der Waals surface area contributed by atoms with Crippen molar-refractivity contribution < 1.29 is 17.0 Å². The lowest BCUT2D eigenvalue weighted by Crippen LogP contribution is -2.02. The molecule has 4 aromatic carbocycles. The van der Waals surface area contributed by atoms with Gasteiger partial charge in [-0.05, 0) is 52.9 Å². The van der Waals surface area contributed by atoms with Gasteiger partial charge in [0.05, 0.1) is 18.0 Å². The first kappa shape index (κ1) is 23.9. The van der Waals surface area contributed by atoms with Gasteiger partial charge in [-0.3, -0.25) is 4.18 Å². The highest BCUT2D eigenvalue weighted by molar-refractivity contribution is 7.67. The van der Waals surface area contributed by atoms with Crippen molar-refractivity contribution in [3.63, 3.8) is 0 Å². The summed E-state index contributed by atoms with van der Waals surface area (Å²) in [6.45, 7) is 2.07. The molecule has 0 bridgehead atoms. The molecule has 0 unspecified atom stereocenters. The standard InChI is InChI=1S/C28H24FN3O3S/c1-18-24-12-13-26(27(29)28(24)32(31-18)23-9-5-6-19(14-23)16-30)21-10-11-25(20-7-3-2-4-8-20)22(15-21)17-35-36(33)34/h2-15,36H,16-17,30H2,1H3. The Balaban J connectivity index is 1.67. The third-order valence-electron chi connectivity index (χ3n) is 6.19. The maximum atomic E-state index is 16.2. The van der Waals surface area contributed by atoms with E-state index in [-0.39, 0.29) is 6.61 Å². The summed E-state index contributed by atoms with van der Waals surface area (Å²) in [6, 6.07) is 26.2. The van der Waals surface area contributed by atoms with E-state index in [4.69, 9.17) is 9.92 Å². The zero-order chi connectivity index (χ0) is 25.2. The van der Waals surface area contributed by atoms with Crippen molar-refractivity contribution in [1.82, 2.24) is 9.78 Å². The van der Waals surface area contributed by atoms with Crippen LogP contribution in [0.4, 0.5) is 4.39 Å². The Labute approximate surface area is 209 Å². The maximum absolute atomic E-state index is 16.2. The average molecular weight is 502 g/mol. The molecule has 0 aliphatic heterocycles. The second-order valence-corrected chi connectivity index (χ2v) is 9.13. The van der Waals surface area contributed by atoms with E-state index in [1.807, 2.05) is 79.7 Å². The van der Waals surface area contributed by atoms with Crippen LogP contribution in [0.2, 0.25) is 0 Å². The van der Waals surface area contributed by atoms with E-state index >= 15 is 4.39 Å². The summed E-state index contributed by atoms with van der Waals surface area (Å²) in [4.78, 5) is 0. The molecule has 0 aliphatic carbocycles. The summed E-state index contributed by atoms with van der Waals surface area (Å²) < 4.78 is 44.9. The molecule has 1 aromatic heterocycles. The molecule has 36 heavy (non-hydrogen) atoms. The summed E-state index contributed by atoms with van der Waals surface area (Å²) in [5.41, 5.74) is 11.9. The number of halogens is 1. The largest absolute Gasteiger partial charge is 0.326 e. The number of hydrogen-bond donors (Lipinski definition) is 2. The van der Waals surface area contributed by atoms with Gasteiger partial charge in [0.2, 0.25) is 0 Å². The van der Waals surface area contributed by atoms with Gasteiger partial charge in [0.15, 0.2) is 5.82 Å². The molecule has 8 heteroatoms. The van der Waals surface area contributed by atoms with Gasteiger partial charge in [-0.15, -0.1) is 0 Å². The number of hydrogen-bond acceptors (Lipinski definition) is 5. The van der Waals surface area contributed by atoms with Crippen molar-refractivity contribution >= 4 is 21.9 Å². The molecule has 6 nitrogen and oxygen atoms in total. The fourth-order valence-corrected chi connectivity index (χ4v) is 4.69. The van der Waals surface area contributed by atoms with Crippen LogP contribution in [-0.2, 0) is 28.3 Å². The molecular weight excluding hydrogens is 477 g/mol. The SMILES string of the molecule is Cc1nn(-c2cccc(CN)c2)c2c(F)c(-c3ccc(-c4ccccc4)c(CO[SH](=O)=O)c3)ccc12. The van der Waals surface area contributed by atoms with Gasteiger partial charge in [-0.1, -0.05) is 66.7 Å². The van der Waals surface area contributed by atoms with Gasteiger partial charge in [0.25, 0.3) is 11.0 Å². The van der Waals surface area contributed by atoms with Crippen molar-refractivity contribution in [2.24, 2.45) is 5.73 Å². The summed E-state index contributed by atoms with van der Waals surface area (Å²) >= 11 is 0. The van der Waals surface area contributed by atoms with Gasteiger partial charge < -0.3 is 5.73 Å². The molecule has 1 heterocycles. The molecule has 182 valence electrons. The van der Waals surface area contributed by atoms with Crippen molar-refractivity contribution in [2.75, 3.05) is 0 Å². The lowest BCUT2D eigenvalue weighted by Gasteiger charge is -2.13. The van der Waals surface area contributed by atoms with Gasteiger partial charge in [-0.25, -0.2) is 17.5 Å². The number of fused-ring (bicyclic) bond motifs is 1. The highest BCUT2D eigenvalue weighted by Crippen LogP contribution is 2.35. The monoisotopic (exact) mass is 501 g/mol.